The summed E-state index contributed by atoms with van der Waals surface area (Å²) in [5, 5.41) is 4.61. The summed E-state index contributed by atoms with van der Waals surface area (Å²) in [7, 11) is 0. The third-order valence-electron chi connectivity index (χ3n) is 5.25. The molecule has 144 valence electrons. The number of H-pyrrole nitrogens is 1. The summed E-state index contributed by atoms with van der Waals surface area (Å²) in [6.07, 6.45) is 1.60. The van der Waals surface area contributed by atoms with E-state index in [9.17, 15) is 9.59 Å². The summed E-state index contributed by atoms with van der Waals surface area (Å²) >= 11 is 6.15. The van der Waals surface area contributed by atoms with Gasteiger partial charge >= 0.3 is 0 Å². The number of aromatic nitrogens is 1. The van der Waals surface area contributed by atoms with E-state index in [-0.39, 0.29) is 17.7 Å². The minimum atomic E-state index is -0.204. The molecule has 0 bridgehead atoms. The van der Waals surface area contributed by atoms with Crippen molar-refractivity contribution < 1.29 is 9.59 Å². The van der Waals surface area contributed by atoms with E-state index in [1.54, 1.807) is 4.90 Å². The Morgan fingerprint density at radius 2 is 1.93 bits per heavy atom. The monoisotopic (exact) mass is 395 g/mol. The van der Waals surface area contributed by atoms with E-state index in [0.717, 1.165) is 29.3 Å². The van der Waals surface area contributed by atoms with Crippen molar-refractivity contribution in [1.82, 2.24) is 15.2 Å². The molecule has 1 aliphatic heterocycles. The summed E-state index contributed by atoms with van der Waals surface area (Å²) in [5.41, 5.74) is 2.40. The Kier molecular flexibility index (Phi) is 5.35. The number of rotatable bonds is 4. The normalized spacial score (nSPS) is 16.9. The highest BCUT2D eigenvalue weighted by Crippen LogP contribution is 2.22. The maximum absolute atomic E-state index is 12.9. The SMILES string of the molecule is O=C(NCc1ccccc1Cl)C1CCCN(C(=O)c2cc3ccccc3[nH]2)C1. The lowest BCUT2D eigenvalue weighted by Crippen LogP contribution is -2.45. The average molecular weight is 396 g/mol. The number of para-hydroxylation sites is 1. The standard InChI is InChI=1S/C22H22ClN3O2/c23-18-9-3-1-7-16(18)13-24-21(27)17-8-5-11-26(14-17)22(28)20-12-15-6-2-4-10-19(15)25-20/h1-4,6-7,9-10,12,17,25H,5,8,11,13-14H2,(H,24,27). The van der Waals surface area contributed by atoms with Gasteiger partial charge in [-0.05, 0) is 36.6 Å². The number of halogens is 1. The molecule has 1 saturated heterocycles. The van der Waals surface area contributed by atoms with Gasteiger partial charge in [0.25, 0.3) is 5.91 Å². The summed E-state index contributed by atoms with van der Waals surface area (Å²) < 4.78 is 0. The second-order valence-corrected chi connectivity index (χ2v) is 7.58. The molecule has 5 nitrogen and oxygen atoms in total. The number of carbonyl (C=O) groups excluding carboxylic acids is 2. The zero-order valence-corrected chi connectivity index (χ0v) is 16.2. The number of hydrogen-bond acceptors (Lipinski definition) is 2. The first-order chi connectivity index (χ1) is 13.6. The lowest BCUT2D eigenvalue weighted by Gasteiger charge is -2.31. The van der Waals surface area contributed by atoms with Gasteiger partial charge in [-0.3, -0.25) is 9.59 Å². The molecule has 1 unspecified atom stereocenters. The van der Waals surface area contributed by atoms with E-state index in [4.69, 9.17) is 11.6 Å². The van der Waals surface area contributed by atoms with Gasteiger partial charge < -0.3 is 15.2 Å². The highest BCUT2D eigenvalue weighted by molar-refractivity contribution is 6.31. The number of fused-ring (bicyclic) bond motifs is 1. The van der Waals surface area contributed by atoms with Crippen LogP contribution in [-0.4, -0.2) is 34.8 Å². The number of carbonyl (C=O) groups is 2. The first-order valence-corrected chi connectivity index (χ1v) is 9.88. The van der Waals surface area contributed by atoms with Crippen LogP contribution in [0.25, 0.3) is 10.9 Å². The summed E-state index contributed by atoms with van der Waals surface area (Å²) in [6.45, 7) is 1.50. The van der Waals surface area contributed by atoms with Crippen molar-refractivity contribution in [3.05, 3.63) is 70.9 Å². The molecular formula is C22H22ClN3O2. The van der Waals surface area contributed by atoms with Crippen LogP contribution in [-0.2, 0) is 11.3 Å². The first kappa shape index (κ1) is 18.6. The molecular weight excluding hydrogens is 374 g/mol. The van der Waals surface area contributed by atoms with E-state index >= 15 is 0 Å². The molecule has 1 aliphatic rings. The van der Waals surface area contributed by atoms with Gasteiger partial charge in [-0.1, -0.05) is 48.0 Å². The molecule has 1 aromatic heterocycles. The Morgan fingerprint density at radius 1 is 1.14 bits per heavy atom. The van der Waals surface area contributed by atoms with E-state index < -0.39 is 0 Å². The van der Waals surface area contributed by atoms with Crippen molar-refractivity contribution in [3.63, 3.8) is 0 Å². The van der Waals surface area contributed by atoms with Crippen LogP contribution in [0.5, 0.6) is 0 Å². The number of likely N-dealkylation sites (tertiary alicyclic amines) is 1. The van der Waals surface area contributed by atoms with Crippen molar-refractivity contribution >= 4 is 34.3 Å². The van der Waals surface area contributed by atoms with Crippen LogP contribution < -0.4 is 5.32 Å². The summed E-state index contributed by atoms with van der Waals surface area (Å²) in [5.74, 6) is -0.293. The number of piperidine rings is 1. The largest absolute Gasteiger partial charge is 0.352 e. The van der Waals surface area contributed by atoms with Crippen molar-refractivity contribution in [3.8, 4) is 0 Å². The Morgan fingerprint density at radius 3 is 2.75 bits per heavy atom. The summed E-state index contributed by atoms with van der Waals surface area (Å²) in [4.78, 5) is 30.5. The minimum Gasteiger partial charge on any atom is -0.352 e. The topological polar surface area (TPSA) is 65.2 Å². The smallest absolute Gasteiger partial charge is 0.270 e. The van der Waals surface area contributed by atoms with Crippen molar-refractivity contribution in [2.24, 2.45) is 5.92 Å². The molecule has 4 rings (SSSR count). The van der Waals surface area contributed by atoms with E-state index in [1.807, 2.05) is 54.6 Å². The molecule has 2 aromatic carbocycles. The second kappa shape index (κ2) is 8.07. The van der Waals surface area contributed by atoms with Crippen LogP contribution in [0.4, 0.5) is 0 Å². The lowest BCUT2D eigenvalue weighted by molar-refractivity contribution is -0.126. The number of hydrogen-bond donors (Lipinski definition) is 2. The fourth-order valence-corrected chi connectivity index (χ4v) is 3.91. The predicted octanol–water partition coefficient (Wildman–Crippen LogP) is 3.99. The average Bonchev–Trinajstić information content (AvgIpc) is 3.17. The number of aromatic amines is 1. The zero-order chi connectivity index (χ0) is 19.5. The molecule has 0 radical (unpaired) electrons. The van der Waals surface area contributed by atoms with Crippen LogP contribution in [0.15, 0.2) is 54.6 Å². The van der Waals surface area contributed by atoms with E-state index in [2.05, 4.69) is 10.3 Å². The minimum absolute atomic E-state index is 0.0333. The van der Waals surface area contributed by atoms with Crippen LogP contribution in [0.1, 0.15) is 28.9 Å². The molecule has 1 atom stereocenters. The molecule has 0 saturated carbocycles. The van der Waals surface area contributed by atoms with Gasteiger partial charge in [0.15, 0.2) is 0 Å². The molecule has 1 fully saturated rings. The van der Waals surface area contributed by atoms with Gasteiger partial charge in [0, 0.05) is 35.6 Å². The van der Waals surface area contributed by atoms with Crippen LogP contribution in [0.2, 0.25) is 5.02 Å². The highest BCUT2D eigenvalue weighted by Gasteiger charge is 2.29. The molecule has 2 amide bonds. The fraction of sp³-hybridized carbons (Fsp3) is 0.273. The number of nitrogens with zero attached hydrogens (tertiary/aromatic N) is 1. The molecule has 0 spiro atoms. The number of nitrogens with one attached hydrogen (secondary N) is 2. The second-order valence-electron chi connectivity index (χ2n) is 7.17. The maximum Gasteiger partial charge on any atom is 0.270 e. The van der Waals surface area contributed by atoms with Gasteiger partial charge in [0.1, 0.15) is 5.69 Å². The lowest BCUT2D eigenvalue weighted by atomic mass is 9.96. The maximum atomic E-state index is 12.9. The molecule has 2 N–H and O–H groups in total. The Hall–Kier alpha value is -2.79. The van der Waals surface area contributed by atoms with Crippen LogP contribution in [0.3, 0.4) is 0 Å². The van der Waals surface area contributed by atoms with Gasteiger partial charge in [-0.25, -0.2) is 0 Å². The molecule has 0 aliphatic carbocycles. The zero-order valence-electron chi connectivity index (χ0n) is 15.5. The first-order valence-electron chi connectivity index (χ1n) is 9.50. The molecule has 2 heterocycles. The third-order valence-corrected chi connectivity index (χ3v) is 5.62. The van der Waals surface area contributed by atoms with Crippen molar-refractivity contribution in [1.29, 1.82) is 0 Å². The van der Waals surface area contributed by atoms with Crippen molar-refractivity contribution in [2.75, 3.05) is 13.1 Å². The van der Waals surface area contributed by atoms with Gasteiger partial charge in [0.2, 0.25) is 5.91 Å². The van der Waals surface area contributed by atoms with Crippen molar-refractivity contribution in [2.45, 2.75) is 19.4 Å². The quantitative estimate of drug-likeness (QED) is 0.701. The Bertz CT molecular complexity index is 981. The Balaban J connectivity index is 1.40. The third kappa shape index (κ3) is 3.90. The highest BCUT2D eigenvalue weighted by atomic mass is 35.5. The van der Waals surface area contributed by atoms with Crippen LogP contribution in [0, 0.1) is 5.92 Å². The predicted molar refractivity (Wildman–Crippen MR) is 110 cm³/mol. The number of benzene rings is 2. The van der Waals surface area contributed by atoms with Gasteiger partial charge in [-0.2, -0.15) is 0 Å². The van der Waals surface area contributed by atoms with Crippen LogP contribution >= 0.6 is 11.6 Å². The molecule has 28 heavy (non-hydrogen) atoms. The number of amides is 2. The van der Waals surface area contributed by atoms with Gasteiger partial charge in [-0.15, -0.1) is 0 Å². The summed E-state index contributed by atoms with van der Waals surface area (Å²) in [6, 6.07) is 17.2. The fourth-order valence-electron chi connectivity index (χ4n) is 3.70. The Labute approximate surface area is 168 Å². The van der Waals surface area contributed by atoms with Gasteiger partial charge in [0.05, 0.1) is 5.92 Å². The van der Waals surface area contributed by atoms with E-state index in [0.29, 0.717) is 30.4 Å². The molecule has 6 heteroatoms. The van der Waals surface area contributed by atoms with E-state index in [1.165, 1.54) is 0 Å². The molecule has 3 aromatic rings.